The van der Waals surface area contributed by atoms with Gasteiger partial charge in [0.15, 0.2) is 0 Å². The SMILES string of the molecule is O=C(F)c1ccc(-c2cc(F)c(/C=C/C(F)(F)F)c(F)c2)c(F)c1. The molecule has 1 nitrogen and oxygen atoms in total. The lowest BCUT2D eigenvalue weighted by Gasteiger charge is -2.08. The van der Waals surface area contributed by atoms with Gasteiger partial charge in [-0.3, -0.25) is 4.79 Å². The van der Waals surface area contributed by atoms with E-state index in [1.807, 2.05) is 0 Å². The van der Waals surface area contributed by atoms with Crippen molar-refractivity contribution in [3.63, 3.8) is 0 Å². The summed E-state index contributed by atoms with van der Waals surface area (Å²) in [5, 5.41) is 0. The number of halogens is 7. The number of hydrogen-bond donors (Lipinski definition) is 0. The van der Waals surface area contributed by atoms with Gasteiger partial charge >= 0.3 is 12.2 Å². The smallest absolute Gasteiger partial charge is 0.255 e. The molecule has 24 heavy (non-hydrogen) atoms. The molecule has 0 heterocycles. The van der Waals surface area contributed by atoms with Crippen LogP contribution in [0.15, 0.2) is 36.4 Å². The van der Waals surface area contributed by atoms with Crippen molar-refractivity contribution in [2.75, 3.05) is 0 Å². The van der Waals surface area contributed by atoms with E-state index in [2.05, 4.69) is 0 Å². The topological polar surface area (TPSA) is 17.1 Å². The zero-order chi connectivity index (χ0) is 18.1. The zero-order valence-electron chi connectivity index (χ0n) is 11.6. The van der Waals surface area contributed by atoms with Crippen LogP contribution in [0, 0.1) is 17.5 Å². The lowest BCUT2D eigenvalue weighted by Crippen LogP contribution is -2.01. The van der Waals surface area contributed by atoms with Crippen LogP contribution in [-0.4, -0.2) is 12.2 Å². The van der Waals surface area contributed by atoms with Crippen LogP contribution in [0.4, 0.5) is 30.7 Å². The van der Waals surface area contributed by atoms with Crippen LogP contribution in [0.3, 0.4) is 0 Å². The Morgan fingerprint density at radius 1 is 0.917 bits per heavy atom. The summed E-state index contributed by atoms with van der Waals surface area (Å²) in [4.78, 5) is 10.5. The second-order valence-corrected chi connectivity index (χ2v) is 4.70. The van der Waals surface area contributed by atoms with Gasteiger partial charge in [-0.05, 0) is 35.9 Å². The number of allylic oxidation sites excluding steroid dienone is 1. The van der Waals surface area contributed by atoms with E-state index in [1.54, 1.807) is 0 Å². The van der Waals surface area contributed by atoms with E-state index >= 15 is 0 Å². The molecule has 0 aliphatic rings. The van der Waals surface area contributed by atoms with Gasteiger partial charge in [0.05, 0.1) is 5.56 Å². The third-order valence-electron chi connectivity index (χ3n) is 3.03. The number of alkyl halides is 3. The Labute approximate surface area is 131 Å². The molecule has 0 atom stereocenters. The first-order valence-electron chi connectivity index (χ1n) is 6.33. The lowest BCUT2D eigenvalue weighted by molar-refractivity contribution is -0.0790. The summed E-state index contributed by atoms with van der Waals surface area (Å²) in [6.07, 6.45) is -4.87. The van der Waals surface area contributed by atoms with Gasteiger partial charge in [0.25, 0.3) is 0 Å². The predicted octanol–water partition coefficient (Wildman–Crippen LogP) is 5.46. The number of carbonyl (C=O) groups is 1. The summed E-state index contributed by atoms with van der Waals surface area (Å²) in [5.74, 6) is -3.79. The summed E-state index contributed by atoms with van der Waals surface area (Å²) in [6.45, 7) is 0. The summed E-state index contributed by atoms with van der Waals surface area (Å²) < 4.78 is 90.2. The highest BCUT2D eigenvalue weighted by Crippen LogP contribution is 2.29. The Hall–Kier alpha value is -2.64. The highest BCUT2D eigenvalue weighted by atomic mass is 19.4. The Morgan fingerprint density at radius 2 is 1.50 bits per heavy atom. The van der Waals surface area contributed by atoms with E-state index in [4.69, 9.17) is 0 Å². The van der Waals surface area contributed by atoms with Crippen molar-refractivity contribution in [3.8, 4) is 11.1 Å². The predicted molar refractivity (Wildman–Crippen MR) is 72.3 cm³/mol. The van der Waals surface area contributed by atoms with E-state index < -0.39 is 40.8 Å². The highest BCUT2D eigenvalue weighted by Gasteiger charge is 2.23. The lowest BCUT2D eigenvalue weighted by atomic mass is 10.0. The van der Waals surface area contributed by atoms with Crippen molar-refractivity contribution in [3.05, 3.63) is 65.0 Å². The Kier molecular flexibility index (Phi) is 4.77. The monoisotopic (exact) mass is 348 g/mol. The average molecular weight is 348 g/mol. The minimum Gasteiger partial charge on any atom is -0.255 e. The normalized spacial score (nSPS) is 12.0. The largest absolute Gasteiger partial charge is 0.409 e. The van der Waals surface area contributed by atoms with Crippen molar-refractivity contribution in [2.24, 2.45) is 0 Å². The fraction of sp³-hybridized carbons (Fsp3) is 0.0625. The van der Waals surface area contributed by atoms with Crippen LogP contribution in [-0.2, 0) is 0 Å². The first-order valence-corrected chi connectivity index (χ1v) is 6.33. The number of benzene rings is 2. The molecular formula is C16H7F7O. The second-order valence-electron chi connectivity index (χ2n) is 4.70. The average Bonchev–Trinajstić information content (AvgIpc) is 2.44. The summed E-state index contributed by atoms with van der Waals surface area (Å²) >= 11 is 0. The molecule has 2 aromatic carbocycles. The first kappa shape index (κ1) is 17.7. The Morgan fingerprint density at radius 3 is 1.96 bits per heavy atom. The van der Waals surface area contributed by atoms with Gasteiger partial charge in [0.1, 0.15) is 17.5 Å². The molecule has 0 radical (unpaired) electrons. The van der Waals surface area contributed by atoms with Gasteiger partial charge in [-0.1, -0.05) is 6.07 Å². The van der Waals surface area contributed by atoms with Gasteiger partial charge in [-0.15, -0.1) is 0 Å². The Bertz CT molecular complexity index is 799. The molecule has 0 unspecified atom stereocenters. The first-order chi connectivity index (χ1) is 11.1. The Balaban J connectivity index is 2.48. The van der Waals surface area contributed by atoms with Gasteiger partial charge in [0, 0.05) is 17.2 Å². The van der Waals surface area contributed by atoms with Gasteiger partial charge in [0.2, 0.25) is 0 Å². The fourth-order valence-electron chi connectivity index (χ4n) is 1.95. The van der Waals surface area contributed by atoms with E-state index in [-0.39, 0.29) is 23.3 Å². The maximum atomic E-state index is 13.8. The van der Waals surface area contributed by atoms with E-state index in [0.717, 1.165) is 12.1 Å². The molecule has 0 aliphatic heterocycles. The van der Waals surface area contributed by atoms with Crippen molar-refractivity contribution >= 4 is 12.1 Å². The molecule has 8 heteroatoms. The molecule has 0 saturated carbocycles. The third kappa shape index (κ3) is 4.01. The van der Waals surface area contributed by atoms with Crippen molar-refractivity contribution in [1.29, 1.82) is 0 Å². The molecule has 2 aromatic rings. The molecule has 0 saturated heterocycles. The van der Waals surface area contributed by atoms with Crippen LogP contribution in [0.2, 0.25) is 0 Å². The van der Waals surface area contributed by atoms with Crippen LogP contribution in [0.5, 0.6) is 0 Å². The van der Waals surface area contributed by atoms with Crippen LogP contribution in [0.25, 0.3) is 17.2 Å². The molecule has 0 aliphatic carbocycles. The van der Waals surface area contributed by atoms with Crippen molar-refractivity contribution in [2.45, 2.75) is 6.18 Å². The highest BCUT2D eigenvalue weighted by molar-refractivity contribution is 5.89. The zero-order valence-corrected chi connectivity index (χ0v) is 11.6. The minimum absolute atomic E-state index is 0.218. The van der Waals surface area contributed by atoms with E-state index in [0.29, 0.717) is 18.2 Å². The molecule has 0 aromatic heterocycles. The van der Waals surface area contributed by atoms with Gasteiger partial charge in [-0.25, -0.2) is 13.2 Å². The van der Waals surface area contributed by atoms with Crippen LogP contribution >= 0.6 is 0 Å². The molecule has 126 valence electrons. The molecule has 2 rings (SSSR count). The number of carbonyl (C=O) groups excluding carboxylic acids is 1. The molecule has 0 bridgehead atoms. The summed E-state index contributed by atoms with van der Waals surface area (Å²) in [6, 6.07) is 1.77. The maximum Gasteiger partial charge on any atom is 0.409 e. The molecule has 0 spiro atoms. The molecular weight excluding hydrogens is 341 g/mol. The van der Waals surface area contributed by atoms with Gasteiger partial charge < -0.3 is 0 Å². The van der Waals surface area contributed by atoms with Crippen LogP contribution in [0.1, 0.15) is 15.9 Å². The maximum absolute atomic E-state index is 13.8. The third-order valence-corrected chi connectivity index (χ3v) is 3.03. The number of rotatable bonds is 3. The second kappa shape index (κ2) is 6.46. The molecule has 0 N–H and O–H groups in total. The van der Waals surface area contributed by atoms with E-state index in [9.17, 15) is 35.5 Å². The minimum atomic E-state index is -4.75. The fourth-order valence-corrected chi connectivity index (χ4v) is 1.95. The van der Waals surface area contributed by atoms with Crippen molar-refractivity contribution in [1.82, 2.24) is 0 Å². The summed E-state index contributed by atoms with van der Waals surface area (Å²) in [5.41, 5.74) is -2.18. The summed E-state index contributed by atoms with van der Waals surface area (Å²) in [7, 11) is 0. The quantitative estimate of drug-likeness (QED) is 0.532. The standard InChI is InChI=1S/C16H7F7O/c17-12-5-8(15(20)24)1-2-10(12)9-6-13(18)11(14(19)7-9)3-4-16(21,22)23/h1-7H/b4-3+. The van der Waals surface area contributed by atoms with Crippen LogP contribution < -0.4 is 0 Å². The van der Waals surface area contributed by atoms with E-state index in [1.165, 1.54) is 0 Å². The number of hydrogen-bond acceptors (Lipinski definition) is 1. The van der Waals surface area contributed by atoms with Crippen molar-refractivity contribution < 1.29 is 35.5 Å². The molecule has 0 amide bonds. The molecule has 0 fully saturated rings. The van der Waals surface area contributed by atoms with Gasteiger partial charge in [-0.2, -0.15) is 17.6 Å².